The quantitative estimate of drug-likeness (QED) is 0.241. The van der Waals surface area contributed by atoms with Crippen LogP contribution >= 0.6 is 27.5 Å². The molecule has 0 aliphatic carbocycles. The van der Waals surface area contributed by atoms with E-state index in [9.17, 15) is 18.0 Å². The van der Waals surface area contributed by atoms with Gasteiger partial charge in [-0.05, 0) is 87.4 Å². The van der Waals surface area contributed by atoms with Crippen molar-refractivity contribution in [3.63, 3.8) is 0 Å². The largest absolute Gasteiger partial charge is 0.494 e. The highest BCUT2D eigenvalue weighted by Gasteiger charge is 2.33. The highest BCUT2D eigenvalue weighted by atomic mass is 79.9. The number of hydrogen-bond donors (Lipinski definition) is 1. The molecule has 41 heavy (non-hydrogen) atoms. The van der Waals surface area contributed by atoms with E-state index in [-0.39, 0.29) is 29.1 Å². The molecule has 0 heterocycles. The zero-order valence-corrected chi connectivity index (χ0v) is 26.7. The number of amides is 2. The summed E-state index contributed by atoms with van der Waals surface area (Å²) in [6, 6.07) is 18.7. The lowest BCUT2D eigenvalue weighted by molar-refractivity contribution is -0.139. The number of ether oxygens (including phenoxy) is 1. The zero-order valence-electron chi connectivity index (χ0n) is 23.5. The summed E-state index contributed by atoms with van der Waals surface area (Å²) in [7, 11) is -4.18. The second-order valence-electron chi connectivity index (χ2n) is 9.50. The number of nitrogens with one attached hydrogen (secondary N) is 1. The Labute approximate surface area is 255 Å². The average molecular weight is 665 g/mol. The molecule has 0 unspecified atom stereocenters. The summed E-state index contributed by atoms with van der Waals surface area (Å²) >= 11 is 9.74. The van der Waals surface area contributed by atoms with Gasteiger partial charge in [-0.1, -0.05) is 52.7 Å². The number of halogens is 2. The molecule has 0 saturated heterocycles. The maximum absolute atomic E-state index is 14.0. The molecule has 8 nitrogen and oxygen atoms in total. The molecule has 0 aliphatic heterocycles. The number of nitrogens with zero attached hydrogens (tertiary/aromatic N) is 2. The molecule has 3 aromatic rings. The van der Waals surface area contributed by atoms with Crippen molar-refractivity contribution in [1.29, 1.82) is 0 Å². The van der Waals surface area contributed by atoms with Gasteiger partial charge >= 0.3 is 0 Å². The van der Waals surface area contributed by atoms with Crippen LogP contribution in [0.2, 0.25) is 5.02 Å². The van der Waals surface area contributed by atoms with Crippen LogP contribution in [-0.2, 0) is 26.2 Å². The van der Waals surface area contributed by atoms with Crippen LogP contribution in [0.15, 0.2) is 82.2 Å². The van der Waals surface area contributed by atoms with Gasteiger partial charge in [0.15, 0.2) is 0 Å². The third-order valence-electron chi connectivity index (χ3n) is 6.58. The van der Waals surface area contributed by atoms with E-state index >= 15 is 0 Å². The van der Waals surface area contributed by atoms with E-state index in [0.29, 0.717) is 33.8 Å². The molecule has 0 bridgehead atoms. The number of benzene rings is 3. The molecule has 2 amide bonds. The van der Waals surface area contributed by atoms with E-state index < -0.39 is 28.5 Å². The standard InChI is InChI=1S/C30H35BrClN3O5S/c1-5-21(3)33-30(37)22(4)34(19-23-9-7-8-10-28(23)32)29(36)20-35(25-13-15-26(16-14-25)40-6-2)41(38,39)27-17-11-24(31)12-18-27/h7-18,21-22H,5-6,19-20H2,1-4H3,(H,33,37)/t21-,22-/m1/s1. The third-order valence-corrected chi connectivity index (χ3v) is 9.27. The number of anilines is 1. The molecule has 220 valence electrons. The molecule has 0 aliphatic rings. The fourth-order valence-corrected chi connectivity index (χ4v) is 5.87. The van der Waals surface area contributed by atoms with Crippen molar-refractivity contribution < 1.29 is 22.7 Å². The molecule has 0 spiro atoms. The number of carbonyl (C=O) groups is 2. The highest BCUT2D eigenvalue weighted by molar-refractivity contribution is 9.10. The van der Waals surface area contributed by atoms with Crippen LogP contribution in [0.4, 0.5) is 5.69 Å². The maximum Gasteiger partial charge on any atom is 0.264 e. The first-order valence-electron chi connectivity index (χ1n) is 13.3. The summed E-state index contributed by atoms with van der Waals surface area (Å²) in [6.45, 7) is 7.22. The minimum Gasteiger partial charge on any atom is -0.494 e. The SMILES string of the molecule is CCOc1ccc(N(CC(=O)N(Cc2ccccc2Cl)[C@H](C)C(=O)N[C@H](C)CC)S(=O)(=O)c2ccc(Br)cc2)cc1. The van der Waals surface area contributed by atoms with Gasteiger partial charge in [-0.3, -0.25) is 13.9 Å². The molecule has 0 fully saturated rings. The predicted octanol–water partition coefficient (Wildman–Crippen LogP) is 6.03. The molecule has 0 radical (unpaired) electrons. The normalized spacial score (nSPS) is 12.7. The number of hydrogen-bond acceptors (Lipinski definition) is 5. The number of sulfonamides is 1. The van der Waals surface area contributed by atoms with Gasteiger partial charge in [0.25, 0.3) is 10.0 Å². The Balaban J connectivity index is 2.04. The van der Waals surface area contributed by atoms with Gasteiger partial charge in [-0.25, -0.2) is 8.42 Å². The van der Waals surface area contributed by atoms with E-state index in [4.69, 9.17) is 16.3 Å². The lowest BCUT2D eigenvalue weighted by atomic mass is 10.1. The Hall–Kier alpha value is -3.08. The highest BCUT2D eigenvalue weighted by Crippen LogP contribution is 2.28. The van der Waals surface area contributed by atoms with Crippen molar-refractivity contribution in [2.24, 2.45) is 0 Å². The maximum atomic E-state index is 14.0. The van der Waals surface area contributed by atoms with Crippen molar-refractivity contribution >= 4 is 55.1 Å². The topological polar surface area (TPSA) is 96.0 Å². The molecule has 1 N–H and O–H groups in total. The second kappa shape index (κ2) is 14.7. The average Bonchev–Trinajstić information content (AvgIpc) is 2.95. The van der Waals surface area contributed by atoms with E-state index in [0.717, 1.165) is 4.31 Å². The molecule has 11 heteroatoms. The first-order chi connectivity index (χ1) is 19.5. The summed E-state index contributed by atoms with van der Waals surface area (Å²) < 4.78 is 35.1. The Kier molecular flexibility index (Phi) is 11.6. The lowest BCUT2D eigenvalue weighted by Crippen LogP contribution is -2.52. The lowest BCUT2D eigenvalue weighted by Gasteiger charge is -2.32. The Morgan fingerprint density at radius 2 is 1.61 bits per heavy atom. The van der Waals surface area contributed by atoms with E-state index in [1.807, 2.05) is 20.8 Å². The van der Waals surface area contributed by atoms with Gasteiger partial charge in [-0.15, -0.1) is 0 Å². The van der Waals surface area contributed by atoms with Crippen molar-refractivity contribution in [3.05, 3.63) is 87.9 Å². The summed E-state index contributed by atoms with van der Waals surface area (Å²) in [6.07, 6.45) is 0.716. The summed E-state index contributed by atoms with van der Waals surface area (Å²) in [5, 5.41) is 3.35. The van der Waals surface area contributed by atoms with Crippen LogP contribution in [-0.4, -0.2) is 50.4 Å². The van der Waals surface area contributed by atoms with E-state index in [2.05, 4.69) is 21.2 Å². The zero-order chi connectivity index (χ0) is 30.2. The molecule has 0 aromatic heterocycles. The van der Waals surface area contributed by atoms with Gasteiger partial charge in [0.2, 0.25) is 11.8 Å². The third kappa shape index (κ3) is 8.47. The fourth-order valence-electron chi connectivity index (χ4n) is 4.00. The van der Waals surface area contributed by atoms with Crippen LogP contribution in [0.25, 0.3) is 0 Å². The predicted molar refractivity (Wildman–Crippen MR) is 166 cm³/mol. The van der Waals surface area contributed by atoms with Crippen molar-refractivity contribution in [2.45, 2.75) is 57.6 Å². The Morgan fingerprint density at radius 3 is 2.20 bits per heavy atom. The summed E-state index contributed by atoms with van der Waals surface area (Å²) in [5.41, 5.74) is 0.910. The molecule has 3 rings (SSSR count). The molecule has 0 saturated carbocycles. The van der Waals surface area contributed by atoms with Gasteiger partial charge in [-0.2, -0.15) is 0 Å². The molecular weight excluding hydrogens is 630 g/mol. The Morgan fingerprint density at radius 1 is 0.976 bits per heavy atom. The molecule has 2 atom stereocenters. The van der Waals surface area contributed by atoms with Crippen molar-refractivity contribution in [3.8, 4) is 5.75 Å². The van der Waals surface area contributed by atoms with Crippen LogP contribution in [0.3, 0.4) is 0 Å². The number of rotatable bonds is 13. The summed E-state index contributed by atoms with van der Waals surface area (Å²) in [5.74, 6) is -0.339. The minimum absolute atomic E-state index is 0.0163. The van der Waals surface area contributed by atoms with Crippen LogP contribution < -0.4 is 14.4 Å². The van der Waals surface area contributed by atoms with E-state index in [1.165, 1.54) is 17.0 Å². The molecular formula is C30H35BrClN3O5S. The van der Waals surface area contributed by atoms with Crippen molar-refractivity contribution in [2.75, 3.05) is 17.5 Å². The van der Waals surface area contributed by atoms with Crippen LogP contribution in [0.1, 0.15) is 39.7 Å². The second-order valence-corrected chi connectivity index (χ2v) is 12.7. The van der Waals surface area contributed by atoms with Gasteiger partial charge < -0.3 is 15.0 Å². The molecule has 3 aromatic carbocycles. The minimum atomic E-state index is -4.18. The summed E-state index contributed by atoms with van der Waals surface area (Å²) in [4.78, 5) is 28.5. The van der Waals surface area contributed by atoms with Gasteiger partial charge in [0.05, 0.1) is 17.2 Å². The Bertz CT molecular complexity index is 1440. The van der Waals surface area contributed by atoms with Crippen LogP contribution in [0.5, 0.6) is 5.75 Å². The monoisotopic (exact) mass is 663 g/mol. The van der Waals surface area contributed by atoms with Crippen LogP contribution in [0, 0.1) is 0 Å². The fraction of sp³-hybridized carbons (Fsp3) is 0.333. The first-order valence-corrected chi connectivity index (χ1v) is 15.9. The van der Waals surface area contributed by atoms with Gasteiger partial charge in [0.1, 0.15) is 18.3 Å². The number of carbonyl (C=O) groups excluding carboxylic acids is 2. The smallest absolute Gasteiger partial charge is 0.264 e. The van der Waals surface area contributed by atoms with Crippen molar-refractivity contribution in [1.82, 2.24) is 10.2 Å². The van der Waals surface area contributed by atoms with E-state index in [1.54, 1.807) is 67.6 Å². The first kappa shape index (κ1) is 32.4. The van der Waals surface area contributed by atoms with Gasteiger partial charge in [0, 0.05) is 22.1 Å².